The molecule has 3 saturated heterocycles. The van der Waals surface area contributed by atoms with Crippen LogP contribution < -0.4 is 0 Å². The number of nitrogens with zero attached hydrogens (tertiary/aromatic N) is 4. The quantitative estimate of drug-likeness (QED) is 0.811. The summed E-state index contributed by atoms with van der Waals surface area (Å²) in [4.78, 5) is 20.1. The smallest absolute Gasteiger partial charge is 0.226 e. The third-order valence-electron chi connectivity index (χ3n) is 6.86. The third kappa shape index (κ3) is 4.21. The number of rotatable bonds is 4. The molecular formula is C21H34N4O2. The van der Waals surface area contributed by atoms with E-state index in [1.165, 1.54) is 37.7 Å². The molecule has 4 rings (SSSR count). The number of likely N-dealkylation sites (tertiary alicyclic amines) is 3. The Kier molecular flexibility index (Phi) is 5.83. The van der Waals surface area contributed by atoms with Crippen LogP contribution in [-0.4, -0.2) is 71.1 Å². The monoisotopic (exact) mass is 374 g/mol. The van der Waals surface area contributed by atoms with Crippen molar-refractivity contribution in [2.24, 2.45) is 5.92 Å². The molecule has 0 N–H and O–H groups in total. The number of hydrogen-bond donors (Lipinski definition) is 0. The zero-order valence-corrected chi connectivity index (χ0v) is 17.0. The van der Waals surface area contributed by atoms with Gasteiger partial charge >= 0.3 is 0 Å². The lowest BCUT2D eigenvalue weighted by atomic mass is 9.92. The first-order chi connectivity index (χ1) is 13.1. The lowest BCUT2D eigenvalue weighted by molar-refractivity contribution is -0.136. The fourth-order valence-electron chi connectivity index (χ4n) is 5.13. The number of piperidine rings is 2. The van der Waals surface area contributed by atoms with Crippen molar-refractivity contribution < 1.29 is 9.32 Å². The van der Waals surface area contributed by atoms with Gasteiger partial charge in [-0.2, -0.15) is 0 Å². The molecule has 0 saturated carbocycles. The van der Waals surface area contributed by atoms with Crippen molar-refractivity contribution in [1.82, 2.24) is 19.9 Å². The van der Waals surface area contributed by atoms with Gasteiger partial charge in [0.2, 0.25) is 5.91 Å². The summed E-state index contributed by atoms with van der Waals surface area (Å²) in [6, 6.07) is 0.639. The number of carbonyl (C=O) groups is 1. The SMILES string of the molecule is Cc1noc(C)c1CN1CCC(N2CCC[C@H](C(=O)N3CCCC3)C2)CC1. The highest BCUT2D eigenvalue weighted by Gasteiger charge is 2.34. The van der Waals surface area contributed by atoms with Crippen LogP contribution in [0.5, 0.6) is 0 Å². The minimum absolute atomic E-state index is 0.234. The lowest BCUT2D eigenvalue weighted by Gasteiger charge is -2.42. The second kappa shape index (κ2) is 8.31. The molecule has 3 fully saturated rings. The van der Waals surface area contributed by atoms with Crippen molar-refractivity contribution in [2.45, 2.75) is 65.0 Å². The van der Waals surface area contributed by atoms with Gasteiger partial charge in [-0.1, -0.05) is 5.16 Å². The lowest BCUT2D eigenvalue weighted by Crippen LogP contribution is -2.51. The number of hydrogen-bond acceptors (Lipinski definition) is 5. The van der Waals surface area contributed by atoms with Crippen LogP contribution in [0.15, 0.2) is 4.52 Å². The van der Waals surface area contributed by atoms with Crippen LogP contribution in [0.2, 0.25) is 0 Å². The Balaban J connectivity index is 1.28. The van der Waals surface area contributed by atoms with Gasteiger partial charge in [-0.05, 0) is 72.0 Å². The molecule has 3 aliphatic rings. The molecule has 0 aromatic carbocycles. The van der Waals surface area contributed by atoms with E-state index >= 15 is 0 Å². The van der Waals surface area contributed by atoms with Crippen LogP contribution in [0.1, 0.15) is 55.5 Å². The maximum absolute atomic E-state index is 12.8. The van der Waals surface area contributed by atoms with Gasteiger partial charge < -0.3 is 9.42 Å². The first-order valence-corrected chi connectivity index (χ1v) is 10.8. The summed E-state index contributed by atoms with van der Waals surface area (Å²) in [7, 11) is 0. The molecule has 0 aliphatic carbocycles. The largest absolute Gasteiger partial charge is 0.361 e. The Morgan fingerprint density at radius 3 is 2.44 bits per heavy atom. The number of carbonyl (C=O) groups excluding carboxylic acids is 1. The molecule has 0 unspecified atom stereocenters. The van der Waals surface area contributed by atoms with Crippen molar-refractivity contribution >= 4 is 5.91 Å². The summed E-state index contributed by atoms with van der Waals surface area (Å²) in [5.74, 6) is 1.61. The highest BCUT2D eigenvalue weighted by atomic mass is 16.5. The maximum atomic E-state index is 12.8. The first kappa shape index (κ1) is 18.9. The van der Waals surface area contributed by atoms with Gasteiger partial charge in [0.25, 0.3) is 0 Å². The van der Waals surface area contributed by atoms with Crippen LogP contribution in [0.4, 0.5) is 0 Å². The molecule has 0 bridgehead atoms. The van der Waals surface area contributed by atoms with E-state index in [9.17, 15) is 4.79 Å². The Hall–Kier alpha value is -1.40. The van der Waals surface area contributed by atoms with Gasteiger partial charge in [0.05, 0.1) is 11.6 Å². The van der Waals surface area contributed by atoms with Crippen LogP contribution in [0, 0.1) is 19.8 Å². The summed E-state index contributed by atoms with van der Waals surface area (Å²) < 4.78 is 5.31. The number of aryl methyl sites for hydroxylation is 2. The Morgan fingerprint density at radius 2 is 1.78 bits per heavy atom. The normalized spacial score (nSPS) is 26.0. The standard InChI is InChI=1S/C21H34N4O2/c1-16-20(17(2)27-22-16)15-23-12-7-19(8-13-23)25-11-5-6-18(14-25)21(26)24-9-3-4-10-24/h18-19H,3-15H2,1-2H3/t18-/m0/s1. The Labute approximate surface area is 162 Å². The summed E-state index contributed by atoms with van der Waals surface area (Å²) in [6.07, 6.45) is 7.03. The van der Waals surface area contributed by atoms with Gasteiger partial charge in [-0.3, -0.25) is 14.6 Å². The zero-order valence-electron chi connectivity index (χ0n) is 17.0. The van der Waals surface area contributed by atoms with Gasteiger partial charge in [-0.15, -0.1) is 0 Å². The van der Waals surface area contributed by atoms with Crippen molar-refractivity contribution in [3.05, 3.63) is 17.0 Å². The second-order valence-corrected chi connectivity index (χ2v) is 8.68. The van der Waals surface area contributed by atoms with Crippen LogP contribution in [0.3, 0.4) is 0 Å². The topological polar surface area (TPSA) is 52.8 Å². The Bertz CT molecular complexity index is 625. The van der Waals surface area contributed by atoms with Crippen LogP contribution in [-0.2, 0) is 11.3 Å². The van der Waals surface area contributed by atoms with Crippen LogP contribution in [0.25, 0.3) is 0 Å². The molecule has 4 heterocycles. The Morgan fingerprint density at radius 1 is 1.04 bits per heavy atom. The molecule has 1 amide bonds. The van der Waals surface area contributed by atoms with E-state index < -0.39 is 0 Å². The summed E-state index contributed by atoms with van der Waals surface area (Å²) in [5, 5.41) is 4.08. The van der Waals surface area contributed by atoms with E-state index in [1.54, 1.807) is 0 Å². The molecule has 6 heteroatoms. The highest BCUT2D eigenvalue weighted by molar-refractivity contribution is 5.79. The van der Waals surface area contributed by atoms with Gasteiger partial charge in [0, 0.05) is 37.8 Å². The predicted octanol–water partition coefficient (Wildman–Crippen LogP) is 2.59. The molecule has 1 atom stereocenters. The van der Waals surface area contributed by atoms with Gasteiger partial charge in [-0.25, -0.2) is 0 Å². The average molecular weight is 375 g/mol. The van der Waals surface area contributed by atoms with E-state index in [0.717, 1.165) is 63.7 Å². The van der Waals surface area contributed by atoms with E-state index in [1.807, 2.05) is 13.8 Å². The molecule has 0 radical (unpaired) electrons. The number of aromatic nitrogens is 1. The minimum Gasteiger partial charge on any atom is -0.361 e. The maximum Gasteiger partial charge on any atom is 0.226 e. The van der Waals surface area contributed by atoms with E-state index in [4.69, 9.17) is 4.52 Å². The average Bonchev–Trinajstić information content (AvgIpc) is 3.34. The highest BCUT2D eigenvalue weighted by Crippen LogP contribution is 2.27. The van der Waals surface area contributed by atoms with Crippen molar-refractivity contribution in [3.8, 4) is 0 Å². The second-order valence-electron chi connectivity index (χ2n) is 8.68. The third-order valence-corrected chi connectivity index (χ3v) is 6.86. The van der Waals surface area contributed by atoms with Crippen LogP contribution >= 0.6 is 0 Å². The molecular weight excluding hydrogens is 340 g/mol. The molecule has 1 aromatic rings. The van der Waals surface area contributed by atoms with Crippen molar-refractivity contribution in [1.29, 1.82) is 0 Å². The van der Waals surface area contributed by atoms with E-state index in [2.05, 4.69) is 19.9 Å². The molecule has 1 aromatic heterocycles. The fourth-order valence-corrected chi connectivity index (χ4v) is 5.13. The summed E-state index contributed by atoms with van der Waals surface area (Å²) in [5.41, 5.74) is 2.27. The van der Waals surface area contributed by atoms with E-state index in [-0.39, 0.29) is 5.92 Å². The van der Waals surface area contributed by atoms with Crippen molar-refractivity contribution in [3.63, 3.8) is 0 Å². The first-order valence-electron chi connectivity index (χ1n) is 10.8. The molecule has 150 valence electrons. The van der Waals surface area contributed by atoms with Crippen molar-refractivity contribution in [2.75, 3.05) is 39.3 Å². The summed E-state index contributed by atoms with van der Waals surface area (Å²) in [6.45, 7) is 11.3. The molecule has 6 nitrogen and oxygen atoms in total. The molecule has 3 aliphatic heterocycles. The zero-order chi connectivity index (χ0) is 18.8. The molecule has 0 spiro atoms. The predicted molar refractivity (Wildman–Crippen MR) is 104 cm³/mol. The fraction of sp³-hybridized carbons (Fsp3) is 0.810. The van der Waals surface area contributed by atoms with E-state index in [0.29, 0.717) is 11.9 Å². The number of amides is 1. The summed E-state index contributed by atoms with van der Waals surface area (Å²) >= 11 is 0. The van der Waals surface area contributed by atoms with Gasteiger partial charge in [0.1, 0.15) is 5.76 Å². The minimum atomic E-state index is 0.234. The van der Waals surface area contributed by atoms with Gasteiger partial charge in [0.15, 0.2) is 0 Å². The molecule has 27 heavy (non-hydrogen) atoms.